The summed E-state index contributed by atoms with van der Waals surface area (Å²) >= 11 is 0. The summed E-state index contributed by atoms with van der Waals surface area (Å²) in [6.07, 6.45) is 2.90. The Morgan fingerprint density at radius 3 is 2.80 bits per heavy atom. The number of nitrogens with zero attached hydrogens (tertiary/aromatic N) is 3. The molecular weight excluding hydrogens is 254 g/mol. The van der Waals surface area contributed by atoms with Crippen molar-refractivity contribution in [2.24, 2.45) is 0 Å². The fourth-order valence-electron chi connectivity index (χ4n) is 2.55. The van der Waals surface area contributed by atoms with Gasteiger partial charge >= 0.3 is 5.97 Å². The second kappa shape index (κ2) is 6.20. The van der Waals surface area contributed by atoms with Gasteiger partial charge in [0.1, 0.15) is 6.04 Å². The van der Waals surface area contributed by atoms with Crippen LogP contribution in [0.15, 0.2) is 6.07 Å². The molecule has 5 heteroatoms. The zero-order valence-electron chi connectivity index (χ0n) is 12.7. The van der Waals surface area contributed by atoms with Gasteiger partial charge in [-0.2, -0.15) is 0 Å². The van der Waals surface area contributed by atoms with E-state index in [4.69, 9.17) is 4.74 Å². The molecular formula is C15H23N3O2. The number of esters is 1. The number of aryl methyl sites for hydroxylation is 1. The number of rotatable bonds is 3. The van der Waals surface area contributed by atoms with Crippen molar-refractivity contribution in [3.63, 3.8) is 0 Å². The van der Waals surface area contributed by atoms with Crippen LogP contribution in [0.2, 0.25) is 0 Å². The molecule has 5 nitrogen and oxygen atoms in total. The molecule has 0 saturated carbocycles. The number of methoxy groups -OCH3 is 1. The molecule has 1 atom stereocenters. The summed E-state index contributed by atoms with van der Waals surface area (Å²) in [6, 6.07) is 1.75. The Bertz CT molecular complexity index is 488. The first-order chi connectivity index (χ1) is 9.52. The second-order valence-corrected chi connectivity index (χ2v) is 5.62. The Morgan fingerprint density at radius 2 is 2.15 bits per heavy atom. The number of carbonyl (C=O) groups is 1. The topological polar surface area (TPSA) is 55.3 Å². The predicted molar refractivity (Wildman–Crippen MR) is 77.9 cm³/mol. The fourth-order valence-corrected chi connectivity index (χ4v) is 2.55. The van der Waals surface area contributed by atoms with Crippen LogP contribution in [0.3, 0.4) is 0 Å². The minimum Gasteiger partial charge on any atom is -0.467 e. The molecule has 1 fully saturated rings. The molecule has 2 rings (SSSR count). The van der Waals surface area contributed by atoms with Crippen molar-refractivity contribution in [2.75, 3.05) is 18.6 Å². The summed E-state index contributed by atoms with van der Waals surface area (Å²) in [4.78, 5) is 23.1. The van der Waals surface area contributed by atoms with E-state index < -0.39 is 0 Å². The van der Waals surface area contributed by atoms with Crippen LogP contribution in [-0.2, 0) is 9.53 Å². The Kier molecular flexibility index (Phi) is 4.57. The highest BCUT2D eigenvalue weighted by Gasteiger charge is 2.31. The van der Waals surface area contributed by atoms with Gasteiger partial charge in [0.2, 0.25) is 5.95 Å². The lowest BCUT2D eigenvalue weighted by molar-refractivity contribution is -0.142. The van der Waals surface area contributed by atoms with Crippen molar-refractivity contribution in [1.82, 2.24) is 9.97 Å². The Labute approximate surface area is 120 Å². The third-order valence-corrected chi connectivity index (χ3v) is 3.69. The summed E-state index contributed by atoms with van der Waals surface area (Å²) < 4.78 is 4.91. The summed E-state index contributed by atoms with van der Waals surface area (Å²) in [5.74, 6) is 0.807. The van der Waals surface area contributed by atoms with E-state index in [2.05, 4.69) is 23.8 Å². The van der Waals surface area contributed by atoms with Gasteiger partial charge in [0.25, 0.3) is 0 Å². The molecule has 1 aromatic rings. The first-order valence-electron chi connectivity index (χ1n) is 7.23. The van der Waals surface area contributed by atoms with E-state index in [9.17, 15) is 4.79 Å². The molecule has 1 saturated heterocycles. The largest absolute Gasteiger partial charge is 0.467 e. The SMILES string of the molecule is COC(=O)C1CCCCN1c1nc(C)cc(C(C)C)n1. The fraction of sp³-hybridized carbons (Fsp3) is 0.667. The maximum Gasteiger partial charge on any atom is 0.328 e. The van der Waals surface area contributed by atoms with Crippen LogP contribution >= 0.6 is 0 Å². The molecule has 0 bridgehead atoms. The summed E-state index contributed by atoms with van der Waals surface area (Å²) in [7, 11) is 1.44. The molecule has 1 aliphatic heterocycles. The molecule has 0 aromatic carbocycles. The first-order valence-corrected chi connectivity index (χ1v) is 7.23. The van der Waals surface area contributed by atoms with Crippen LogP contribution < -0.4 is 4.90 Å². The molecule has 1 aliphatic rings. The second-order valence-electron chi connectivity index (χ2n) is 5.62. The summed E-state index contributed by atoms with van der Waals surface area (Å²) in [5.41, 5.74) is 1.95. The van der Waals surface area contributed by atoms with Crippen molar-refractivity contribution >= 4 is 11.9 Å². The van der Waals surface area contributed by atoms with Crippen molar-refractivity contribution in [1.29, 1.82) is 0 Å². The van der Waals surface area contributed by atoms with E-state index in [-0.39, 0.29) is 12.0 Å². The summed E-state index contributed by atoms with van der Waals surface area (Å²) in [6.45, 7) is 6.99. The molecule has 1 aromatic heterocycles. The van der Waals surface area contributed by atoms with E-state index in [0.29, 0.717) is 11.9 Å². The van der Waals surface area contributed by atoms with Crippen LogP contribution in [0.4, 0.5) is 5.95 Å². The average Bonchev–Trinajstić information content (AvgIpc) is 2.45. The number of carbonyl (C=O) groups excluding carboxylic acids is 1. The van der Waals surface area contributed by atoms with Crippen molar-refractivity contribution in [3.8, 4) is 0 Å². The van der Waals surface area contributed by atoms with E-state index >= 15 is 0 Å². The Morgan fingerprint density at radius 1 is 1.40 bits per heavy atom. The third-order valence-electron chi connectivity index (χ3n) is 3.69. The lowest BCUT2D eigenvalue weighted by atomic mass is 10.0. The Hall–Kier alpha value is -1.65. The summed E-state index contributed by atoms with van der Waals surface area (Å²) in [5, 5.41) is 0. The molecule has 0 N–H and O–H groups in total. The number of aromatic nitrogens is 2. The van der Waals surface area contributed by atoms with E-state index in [1.165, 1.54) is 7.11 Å². The lowest BCUT2D eigenvalue weighted by Gasteiger charge is -2.34. The van der Waals surface area contributed by atoms with Crippen molar-refractivity contribution in [3.05, 3.63) is 17.5 Å². The quantitative estimate of drug-likeness (QED) is 0.794. The van der Waals surface area contributed by atoms with Crippen LogP contribution in [-0.4, -0.2) is 35.6 Å². The third kappa shape index (κ3) is 3.08. The zero-order chi connectivity index (χ0) is 14.7. The molecule has 0 aliphatic carbocycles. The van der Waals surface area contributed by atoms with Crippen molar-refractivity contribution < 1.29 is 9.53 Å². The normalized spacial score (nSPS) is 19.2. The van der Waals surface area contributed by atoms with Crippen LogP contribution in [0.1, 0.15) is 50.4 Å². The monoisotopic (exact) mass is 277 g/mol. The van der Waals surface area contributed by atoms with Gasteiger partial charge in [-0.25, -0.2) is 14.8 Å². The maximum absolute atomic E-state index is 11.9. The highest BCUT2D eigenvalue weighted by Crippen LogP contribution is 2.24. The Balaban J connectivity index is 2.34. The van der Waals surface area contributed by atoms with Gasteiger partial charge < -0.3 is 9.64 Å². The molecule has 0 radical (unpaired) electrons. The maximum atomic E-state index is 11.9. The minimum absolute atomic E-state index is 0.194. The number of piperidine rings is 1. The van der Waals surface area contributed by atoms with Gasteiger partial charge in [-0.15, -0.1) is 0 Å². The lowest BCUT2D eigenvalue weighted by Crippen LogP contribution is -2.46. The highest BCUT2D eigenvalue weighted by molar-refractivity contribution is 5.79. The van der Waals surface area contributed by atoms with Gasteiger partial charge in [0, 0.05) is 17.9 Å². The molecule has 1 unspecified atom stereocenters. The predicted octanol–water partition coefficient (Wildman–Crippen LogP) is 2.44. The minimum atomic E-state index is -0.254. The van der Waals surface area contributed by atoms with Crippen molar-refractivity contribution in [2.45, 2.75) is 52.0 Å². The van der Waals surface area contributed by atoms with Gasteiger partial charge in [-0.05, 0) is 38.2 Å². The van der Waals surface area contributed by atoms with E-state index in [0.717, 1.165) is 37.2 Å². The van der Waals surface area contributed by atoms with E-state index in [1.807, 2.05) is 17.9 Å². The van der Waals surface area contributed by atoms with E-state index in [1.54, 1.807) is 0 Å². The molecule has 0 amide bonds. The van der Waals surface area contributed by atoms with Crippen LogP contribution in [0.5, 0.6) is 0 Å². The first kappa shape index (κ1) is 14.8. The highest BCUT2D eigenvalue weighted by atomic mass is 16.5. The smallest absolute Gasteiger partial charge is 0.328 e. The van der Waals surface area contributed by atoms with Crippen LogP contribution in [0.25, 0.3) is 0 Å². The van der Waals surface area contributed by atoms with Crippen LogP contribution in [0, 0.1) is 6.92 Å². The van der Waals surface area contributed by atoms with Gasteiger partial charge in [0.15, 0.2) is 0 Å². The van der Waals surface area contributed by atoms with Gasteiger partial charge in [-0.1, -0.05) is 13.8 Å². The molecule has 110 valence electrons. The zero-order valence-corrected chi connectivity index (χ0v) is 12.7. The number of hydrogen-bond donors (Lipinski definition) is 0. The molecule has 2 heterocycles. The van der Waals surface area contributed by atoms with Gasteiger partial charge in [0.05, 0.1) is 7.11 Å². The molecule has 0 spiro atoms. The average molecular weight is 277 g/mol. The molecule has 20 heavy (non-hydrogen) atoms. The number of ether oxygens (including phenoxy) is 1. The number of anilines is 1. The standard InChI is InChI=1S/C15H23N3O2/c1-10(2)12-9-11(3)16-15(17-12)18-8-6-5-7-13(18)14(19)20-4/h9-10,13H,5-8H2,1-4H3. The number of hydrogen-bond acceptors (Lipinski definition) is 5. The van der Waals surface area contributed by atoms with Gasteiger partial charge in [-0.3, -0.25) is 0 Å².